The first-order valence-corrected chi connectivity index (χ1v) is 18.4. The SMILES string of the molecule is NCCCC(NC(=O)c1ccc(C23CCC(O)(CC2)CC3)cc1)O[B]OC(CCCN)NC(=O)c1ccc(C23CCC(O)(CC2)CC3)cc1. The topological polar surface area (TPSA) is 169 Å². The van der Waals surface area contributed by atoms with Crippen molar-refractivity contribution in [2.45, 2.75) is 137 Å². The van der Waals surface area contributed by atoms with Gasteiger partial charge in [-0.1, -0.05) is 24.3 Å². The van der Waals surface area contributed by atoms with Crippen LogP contribution in [0.1, 0.15) is 135 Å². The van der Waals surface area contributed by atoms with Gasteiger partial charge in [-0.25, -0.2) is 0 Å². The summed E-state index contributed by atoms with van der Waals surface area (Å²) in [6.45, 7) is 0.888. The minimum Gasteiger partial charge on any atom is -0.393 e. The van der Waals surface area contributed by atoms with Crippen molar-refractivity contribution >= 4 is 19.5 Å². The molecule has 6 aliphatic carbocycles. The largest absolute Gasteiger partial charge is 0.491 e. The number of amides is 2. The first-order chi connectivity index (χ1) is 23.6. The molecule has 11 heteroatoms. The number of benzene rings is 2. The van der Waals surface area contributed by atoms with Gasteiger partial charge < -0.3 is 41.6 Å². The van der Waals surface area contributed by atoms with Gasteiger partial charge in [0.15, 0.2) is 0 Å². The van der Waals surface area contributed by atoms with Gasteiger partial charge in [0, 0.05) is 11.1 Å². The molecule has 6 saturated carbocycles. The Balaban J connectivity index is 1.01. The lowest BCUT2D eigenvalue weighted by atomic mass is 9.56. The normalized spacial score (nSPS) is 30.0. The Labute approximate surface area is 291 Å². The summed E-state index contributed by atoms with van der Waals surface area (Å²) in [6, 6.07) is 15.7. The molecule has 4 bridgehead atoms. The molecule has 0 heterocycles. The third-order valence-corrected chi connectivity index (χ3v) is 12.3. The van der Waals surface area contributed by atoms with Crippen LogP contribution in [0.4, 0.5) is 0 Å². The molecule has 6 aliphatic rings. The number of fused-ring (bicyclic) bond motifs is 6. The molecular weight excluding hydrogens is 619 g/mol. The zero-order chi connectivity index (χ0) is 34.5. The van der Waals surface area contributed by atoms with Crippen LogP contribution >= 0.6 is 0 Å². The van der Waals surface area contributed by atoms with E-state index in [0.717, 1.165) is 77.0 Å². The maximum Gasteiger partial charge on any atom is 0.491 e. The van der Waals surface area contributed by atoms with E-state index >= 15 is 0 Å². The van der Waals surface area contributed by atoms with Gasteiger partial charge in [-0.15, -0.1) is 0 Å². The Hall–Kier alpha value is -2.80. The standard InChI is InChI=1S/C38H54BN4O6/c40-25-1-3-31(42-33(44)27-5-9-29(10-6-27)35-13-19-37(46,20-14-35)21-15-35)48-39-49-32(4-2-26-41)43-34(45)28-7-11-30(12-8-28)36-16-22-38(47,23-17-36)24-18-36/h5-12,31-32,46-47H,1-4,13-26,40-41H2,(H,42,44)(H,43,45). The molecule has 0 spiro atoms. The second-order valence-electron chi connectivity index (χ2n) is 15.3. The van der Waals surface area contributed by atoms with Crippen molar-refractivity contribution in [2.24, 2.45) is 11.5 Å². The van der Waals surface area contributed by atoms with Crippen LogP contribution in [0.15, 0.2) is 48.5 Å². The third-order valence-electron chi connectivity index (χ3n) is 12.3. The highest BCUT2D eigenvalue weighted by Crippen LogP contribution is 2.54. The Morgan fingerprint density at radius 3 is 1.24 bits per heavy atom. The van der Waals surface area contributed by atoms with Crippen molar-refractivity contribution in [3.8, 4) is 0 Å². The monoisotopic (exact) mass is 673 g/mol. The van der Waals surface area contributed by atoms with Crippen LogP contribution in [0.5, 0.6) is 0 Å². The van der Waals surface area contributed by atoms with E-state index in [-0.39, 0.29) is 22.6 Å². The Kier molecular flexibility index (Phi) is 11.2. The van der Waals surface area contributed by atoms with Crippen molar-refractivity contribution in [1.29, 1.82) is 0 Å². The molecule has 6 fully saturated rings. The van der Waals surface area contributed by atoms with Gasteiger partial charge in [-0.05, 0) is 162 Å². The predicted molar refractivity (Wildman–Crippen MR) is 189 cm³/mol. The van der Waals surface area contributed by atoms with Crippen LogP contribution < -0.4 is 22.1 Å². The molecule has 2 unspecified atom stereocenters. The van der Waals surface area contributed by atoms with Crippen LogP contribution in [0.2, 0.25) is 0 Å². The Bertz CT molecular complexity index is 1280. The summed E-state index contributed by atoms with van der Waals surface area (Å²) in [5.74, 6) is -0.511. The molecule has 10 nitrogen and oxygen atoms in total. The third kappa shape index (κ3) is 8.24. The molecule has 2 atom stereocenters. The zero-order valence-electron chi connectivity index (χ0n) is 28.8. The zero-order valence-corrected chi connectivity index (χ0v) is 28.8. The fourth-order valence-corrected chi connectivity index (χ4v) is 8.73. The summed E-state index contributed by atoms with van der Waals surface area (Å²) in [5.41, 5.74) is 14.3. The van der Waals surface area contributed by atoms with Gasteiger partial charge in [-0.3, -0.25) is 9.59 Å². The lowest BCUT2D eigenvalue weighted by Gasteiger charge is -2.51. The van der Waals surface area contributed by atoms with Crippen molar-refractivity contribution in [3.05, 3.63) is 70.8 Å². The number of hydrogen-bond donors (Lipinski definition) is 6. The van der Waals surface area contributed by atoms with Gasteiger partial charge in [0.05, 0.1) is 11.2 Å². The van der Waals surface area contributed by atoms with E-state index in [1.165, 1.54) is 18.8 Å². The predicted octanol–water partition coefficient (Wildman–Crippen LogP) is 4.22. The average Bonchev–Trinajstić information content (AvgIpc) is 3.13. The van der Waals surface area contributed by atoms with Gasteiger partial charge in [-0.2, -0.15) is 0 Å². The summed E-state index contributed by atoms with van der Waals surface area (Å²) in [6.07, 6.45) is 11.8. The van der Waals surface area contributed by atoms with Crippen LogP contribution in [0, 0.1) is 0 Å². The maximum absolute atomic E-state index is 13.2. The molecule has 8 N–H and O–H groups in total. The van der Waals surface area contributed by atoms with Crippen LogP contribution in [-0.2, 0) is 20.1 Å². The van der Waals surface area contributed by atoms with E-state index in [2.05, 4.69) is 34.9 Å². The van der Waals surface area contributed by atoms with E-state index in [4.69, 9.17) is 20.8 Å². The molecule has 49 heavy (non-hydrogen) atoms. The van der Waals surface area contributed by atoms with Gasteiger partial charge in [0.25, 0.3) is 11.8 Å². The average molecular weight is 674 g/mol. The Morgan fingerprint density at radius 2 is 0.939 bits per heavy atom. The highest BCUT2D eigenvalue weighted by atomic mass is 16.6. The van der Waals surface area contributed by atoms with E-state index < -0.39 is 23.7 Å². The lowest BCUT2D eigenvalue weighted by Crippen LogP contribution is -2.48. The number of rotatable bonds is 16. The van der Waals surface area contributed by atoms with Gasteiger partial charge in [0.1, 0.15) is 12.5 Å². The van der Waals surface area contributed by atoms with Crippen LogP contribution in [0.25, 0.3) is 0 Å². The fraction of sp³-hybridized carbons (Fsp3) is 0.632. The molecule has 1 radical (unpaired) electrons. The van der Waals surface area contributed by atoms with E-state index in [1.807, 2.05) is 24.3 Å². The molecule has 2 amide bonds. The number of hydrogen-bond acceptors (Lipinski definition) is 8. The number of nitrogens with two attached hydrogens (primary N) is 2. The van der Waals surface area contributed by atoms with E-state index in [9.17, 15) is 19.8 Å². The molecule has 2 aromatic carbocycles. The second kappa shape index (κ2) is 15.2. The van der Waals surface area contributed by atoms with Crippen molar-refractivity contribution in [3.63, 3.8) is 0 Å². The number of carbonyl (C=O) groups is 2. The minimum absolute atomic E-state index is 0.0946. The molecule has 8 rings (SSSR count). The van der Waals surface area contributed by atoms with Crippen LogP contribution in [0.3, 0.4) is 0 Å². The van der Waals surface area contributed by atoms with E-state index in [0.29, 0.717) is 49.9 Å². The van der Waals surface area contributed by atoms with Crippen molar-refractivity contribution < 1.29 is 29.1 Å². The summed E-state index contributed by atoms with van der Waals surface area (Å²) >= 11 is 0. The highest BCUT2D eigenvalue weighted by molar-refractivity contribution is 6.18. The fourth-order valence-electron chi connectivity index (χ4n) is 8.73. The van der Waals surface area contributed by atoms with Gasteiger partial charge in [0.2, 0.25) is 0 Å². The quantitative estimate of drug-likeness (QED) is 0.114. The lowest BCUT2D eigenvalue weighted by molar-refractivity contribution is -0.0662. The summed E-state index contributed by atoms with van der Waals surface area (Å²) in [5, 5.41) is 27.1. The molecule has 0 aromatic heterocycles. The summed E-state index contributed by atoms with van der Waals surface area (Å²) in [7, 11) is 1.19. The van der Waals surface area contributed by atoms with Crippen LogP contribution in [-0.4, -0.2) is 66.5 Å². The molecule has 0 aliphatic heterocycles. The molecule has 0 saturated heterocycles. The van der Waals surface area contributed by atoms with E-state index in [1.54, 1.807) is 0 Å². The number of carbonyl (C=O) groups excluding carboxylic acids is 2. The maximum atomic E-state index is 13.2. The first-order valence-electron chi connectivity index (χ1n) is 18.4. The van der Waals surface area contributed by atoms with Crippen molar-refractivity contribution in [2.75, 3.05) is 13.1 Å². The number of aliphatic hydroxyl groups is 2. The molecule has 265 valence electrons. The molecular formula is C38H54BN4O6. The molecule has 2 aromatic rings. The van der Waals surface area contributed by atoms with Crippen molar-refractivity contribution in [1.82, 2.24) is 10.6 Å². The minimum atomic E-state index is -0.669. The highest BCUT2D eigenvalue weighted by Gasteiger charge is 2.49. The van der Waals surface area contributed by atoms with Gasteiger partial charge >= 0.3 is 7.69 Å². The summed E-state index contributed by atoms with van der Waals surface area (Å²) < 4.78 is 11.7. The smallest absolute Gasteiger partial charge is 0.393 e. The second-order valence-corrected chi connectivity index (χ2v) is 15.3. The number of nitrogens with one attached hydrogen (secondary N) is 2. The first kappa shape index (κ1) is 36.0. The Morgan fingerprint density at radius 1 is 0.612 bits per heavy atom. The summed E-state index contributed by atoms with van der Waals surface area (Å²) in [4.78, 5) is 26.5.